The Kier molecular flexibility index (Phi) is 4.75. The normalized spacial score (nSPS) is 12.5. The summed E-state index contributed by atoms with van der Waals surface area (Å²) in [6, 6.07) is 4.38. The molecule has 0 unspecified atom stereocenters. The predicted molar refractivity (Wildman–Crippen MR) is 68.4 cm³/mol. The number of hydrazone groups is 1. The predicted octanol–water partition coefficient (Wildman–Crippen LogP) is 3.56. The van der Waals surface area contributed by atoms with Gasteiger partial charge in [-0.05, 0) is 38.5 Å². The average molecular weight is 288 g/mol. The Labute approximate surface area is 114 Å². The van der Waals surface area contributed by atoms with Crippen LogP contribution in [0.25, 0.3) is 0 Å². The Morgan fingerprint density at radius 1 is 1.20 bits per heavy atom. The van der Waals surface area contributed by atoms with Crippen molar-refractivity contribution in [3.8, 4) is 0 Å². The number of nitrogens with zero attached hydrogens (tertiary/aromatic N) is 1. The molecule has 1 rings (SSSR count). The molecule has 0 heterocycles. The Balaban J connectivity index is 2.57. The molecular weight excluding hydrogens is 273 g/mol. The molecule has 7 heteroatoms. The van der Waals surface area contributed by atoms with Crippen LogP contribution in [0.4, 0.5) is 18.0 Å². The minimum absolute atomic E-state index is 0.425. The molecule has 0 saturated carbocycles. The van der Waals surface area contributed by atoms with Gasteiger partial charge in [-0.1, -0.05) is 12.1 Å². The van der Waals surface area contributed by atoms with Crippen molar-refractivity contribution < 1.29 is 22.7 Å². The summed E-state index contributed by atoms with van der Waals surface area (Å²) in [4.78, 5) is 11.2. The number of hydrogen-bond donors (Lipinski definition) is 1. The van der Waals surface area contributed by atoms with Gasteiger partial charge in [-0.25, -0.2) is 10.2 Å². The van der Waals surface area contributed by atoms with Crippen LogP contribution in [0.2, 0.25) is 0 Å². The summed E-state index contributed by atoms with van der Waals surface area (Å²) >= 11 is 0. The van der Waals surface area contributed by atoms with Crippen molar-refractivity contribution in [2.75, 3.05) is 0 Å². The highest BCUT2D eigenvalue weighted by molar-refractivity contribution is 5.80. The lowest BCUT2D eigenvalue weighted by atomic mass is 10.1. The molecule has 1 N–H and O–H groups in total. The number of carbonyl (C=O) groups excluding carboxylic acids is 1. The molecule has 0 aliphatic rings. The molecular formula is C13H15F3N2O2. The van der Waals surface area contributed by atoms with Gasteiger partial charge in [-0.3, -0.25) is 0 Å². The molecule has 0 spiro atoms. The van der Waals surface area contributed by atoms with Gasteiger partial charge in [0.05, 0.1) is 11.8 Å². The van der Waals surface area contributed by atoms with E-state index in [-0.39, 0.29) is 0 Å². The second-order valence-electron chi connectivity index (χ2n) is 4.99. The first-order valence-corrected chi connectivity index (χ1v) is 5.77. The number of rotatable bonds is 2. The van der Waals surface area contributed by atoms with Crippen LogP contribution in [-0.4, -0.2) is 17.9 Å². The number of carbonyl (C=O) groups is 1. The van der Waals surface area contributed by atoms with Crippen molar-refractivity contribution in [1.82, 2.24) is 5.43 Å². The van der Waals surface area contributed by atoms with E-state index >= 15 is 0 Å². The third-order valence-electron chi connectivity index (χ3n) is 2.01. The fraction of sp³-hybridized carbons (Fsp3) is 0.385. The molecule has 0 fully saturated rings. The van der Waals surface area contributed by atoms with Crippen molar-refractivity contribution in [1.29, 1.82) is 0 Å². The van der Waals surface area contributed by atoms with E-state index in [4.69, 9.17) is 4.74 Å². The highest BCUT2D eigenvalue weighted by Crippen LogP contribution is 2.28. The molecule has 1 aromatic rings. The maximum absolute atomic E-state index is 12.3. The highest BCUT2D eigenvalue weighted by atomic mass is 19.4. The molecule has 0 saturated heterocycles. The van der Waals surface area contributed by atoms with E-state index in [0.29, 0.717) is 5.56 Å². The standard InChI is InChI=1S/C13H15F3N2O2/c1-12(2,3)20-11(19)18-17-8-9-4-6-10(7-5-9)13(14,15)16/h4-8H,1-3H3,(H,18,19)/b17-8-. The van der Waals surface area contributed by atoms with E-state index in [9.17, 15) is 18.0 Å². The lowest BCUT2D eigenvalue weighted by Crippen LogP contribution is -2.29. The number of ether oxygens (including phenoxy) is 1. The van der Waals surface area contributed by atoms with E-state index in [1.165, 1.54) is 18.3 Å². The molecule has 110 valence electrons. The molecule has 4 nitrogen and oxygen atoms in total. The van der Waals surface area contributed by atoms with Crippen molar-refractivity contribution in [2.24, 2.45) is 5.10 Å². The van der Waals surface area contributed by atoms with Gasteiger partial charge in [0.1, 0.15) is 5.60 Å². The van der Waals surface area contributed by atoms with Crippen LogP contribution in [-0.2, 0) is 10.9 Å². The summed E-state index contributed by atoms with van der Waals surface area (Å²) in [7, 11) is 0. The molecule has 0 aliphatic carbocycles. The van der Waals surface area contributed by atoms with Crippen LogP contribution in [0.15, 0.2) is 29.4 Å². The summed E-state index contributed by atoms with van der Waals surface area (Å²) in [5.74, 6) is 0. The monoisotopic (exact) mass is 288 g/mol. The van der Waals surface area contributed by atoms with Crippen molar-refractivity contribution in [3.63, 3.8) is 0 Å². The highest BCUT2D eigenvalue weighted by Gasteiger charge is 2.29. The van der Waals surface area contributed by atoms with E-state index in [1.54, 1.807) is 20.8 Å². The summed E-state index contributed by atoms with van der Waals surface area (Å²) in [6.45, 7) is 5.10. The number of alkyl halides is 3. The van der Waals surface area contributed by atoms with E-state index in [2.05, 4.69) is 10.5 Å². The van der Waals surface area contributed by atoms with Crippen LogP contribution >= 0.6 is 0 Å². The van der Waals surface area contributed by atoms with Gasteiger partial charge in [-0.2, -0.15) is 18.3 Å². The fourth-order valence-corrected chi connectivity index (χ4v) is 1.22. The zero-order valence-electron chi connectivity index (χ0n) is 11.3. The molecule has 0 atom stereocenters. The van der Waals surface area contributed by atoms with Crippen molar-refractivity contribution in [3.05, 3.63) is 35.4 Å². The topological polar surface area (TPSA) is 50.7 Å². The van der Waals surface area contributed by atoms with Gasteiger partial charge < -0.3 is 4.74 Å². The lowest BCUT2D eigenvalue weighted by Gasteiger charge is -2.18. The second-order valence-corrected chi connectivity index (χ2v) is 4.99. The molecule has 0 bridgehead atoms. The van der Waals surface area contributed by atoms with E-state index in [0.717, 1.165) is 12.1 Å². The van der Waals surface area contributed by atoms with Crippen LogP contribution in [0, 0.1) is 0 Å². The maximum Gasteiger partial charge on any atom is 0.428 e. The molecule has 0 aliphatic heterocycles. The summed E-state index contributed by atoms with van der Waals surface area (Å²) < 4.78 is 41.9. The average Bonchev–Trinajstić information content (AvgIpc) is 2.26. The van der Waals surface area contributed by atoms with E-state index in [1.807, 2.05) is 0 Å². The number of benzene rings is 1. The Morgan fingerprint density at radius 2 is 1.75 bits per heavy atom. The summed E-state index contributed by atoms with van der Waals surface area (Å²) in [5.41, 5.74) is 1.16. The quantitative estimate of drug-likeness (QED) is 0.668. The summed E-state index contributed by atoms with van der Waals surface area (Å²) in [6.07, 6.45) is -3.88. The maximum atomic E-state index is 12.3. The fourth-order valence-electron chi connectivity index (χ4n) is 1.22. The Morgan fingerprint density at radius 3 is 2.20 bits per heavy atom. The zero-order chi connectivity index (χ0) is 15.4. The number of amides is 1. The van der Waals surface area contributed by atoms with Crippen molar-refractivity contribution in [2.45, 2.75) is 32.5 Å². The second kappa shape index (κ2) is 5.94. The van der Waals surface area contributed by atoms with E-state index < -0.39 is 23.4 Å². The van der Waals surface area contributed by atoms with Crippen molar-refractivity contribution >= 4 is 12.3 Å². The zero-order valence-corrected chi connectivity index (χ0v) is 11.3. The Hall–Kier alpha value is -2.05. The first-order valence-electron chi connectivity index (χ1n) is 5.77. The van der Waals surface area contributed by atoms with Crippen LogP contribution < -0.4 is 5.43 Å². The van der Waals surface area contributed by atoms with Gasteiger partial charge in [0.2, 0.25) is 0 Å². The van der Waals surface area contributed by atoms with Gasteiger partial charge in [-0.15, -0.1) is 0 Å². The smallest absolute Gasteiger partial charge is 0.428 e. The molecule has 0 radical (unpaired) electrons. The minimum atomic E-state index is -4.37. The lowest BCUT2D eigenvalue weighted by molar-refractivity contribution is -0.137. The van der Waals surface area contributed by atoms with Gasteiger partial charge in [0, 0.05) is 0 Å². The third-order valence-corrected chi connectivity index (χ3v) is 2.01. The third kappa shape index (κ3) is 5.73. The Bertz CT molecular complexity index is 488. The first-order chi connectivity index (χ1) is 9.08. The van der Waals surface area contributed by atoms with Gasteiger partial charge in [0.15, 0.2) is 0 Å². The molecule has 1 amide bonds. The number of nitrogens with one attached hydrogen (secondary N) is 1. The first kappa shape index (κ1) is 16.0. The van der Waals surface area contributed by atoms with Gasteiger partial charge in [0.25, 0.3) is 0 Å². The molecule has 0 aromatic heterocycles. The number of halogens is 3. The number of hydrogen-bond acceptors (Lipinski definition) is 3. The van der Waals surface area contributed by atoms with Crippen LogP contribution in [0.3, 0.4) is 0 Å². The van der Waals surface area contributed by atoms with Gasteiger partial charge >= 0.3 is 12.3 Å². The largest absolute Gasteiger partial charge is 0.443 e. The molecule has 20 heavy (non-hydrogen) atoms. The summed E-state index contributed by atoms with van der Waals surface area (Å²) in [5, 5.41) is 3.59. The molecule has 1 aromatic carbocycles. The van der Waals surface area contributed by atoms with Crippen LogP contribution in [0.5, 0.6) is 0 Å². The minimum Gasteiger partial charge on any atom is -0.443 e. The SMILES string of the molecule is CC(C)(C)OC(=O)N/N=C\c1ccc(C(F)(F)F)cc1. The van der Waals surface area contributed by atoms with Crippen LogP contribution in [0.1, 0.15) is 31.9 Å².